The summed E-state index contributed by atoms with van der Waals surface area (Å²) in [4.78, 5) is 25.0. The Labute approximate surface area is 146 Å². The van der Waals surface area contributed by atoms with Crippen molar-refractivity contribution in [3.05, 3.63) is 59.9 Å². The quantitative estimate of drug-likeness (QED) is 0.840. The van der Waals surface area contributed by atoms with Gasteiger partial charge in [-0.3, -0.25) is 9.59 Å². The average Bonchev–Trinajstić information content (AvgIpc) is 2.61. The Balaban J connectivity index is 1.89. The lowest BCUT2D eigenvalue weighted by atomic mass is 10.1. The lowest BCUT2D eigenvalue weighted by Crippen LogP contribution is -2.40. The molecule has 0 atom stereocenters. The molecule has 0 spiro atoms. The van der Waals surface area contributed by atoms with Crippen LogP contribution in [0.1, 0.15) is 12.5 Å². The van der Waals surface area contributed by atoms with Crippen molar-refractivity contribution < 1.29 is 18.7 Å². The molecule has 2 rings (SSSR count). The van der Waals surface area contributed by atoms with Gasteiger partial charge in [0.25, 0.3) is 0 Å². The molecule has 0 bridgehead atoms. The van der Waals surface area contributed by atoms with E-state index in [1.54, 1.807) is 13.2 Å². The molecular formula is C19H21FN2O3. The van der Waals surface area contributed by atoms with Gasteiger partial charge in [0.05, 0.1) is 12.8 Å². The predicted octanol–water partition coefficient (Wildman–Crippen LogP) is 2.55. The van der Waals surface area contributed by atoms with Crippen molar-refractivity contribution in [2.45, 2.75) is 13.3 Å². The maximum Gasteiger partial charge on any atom is 0.240 e. The zero-order valence-electron chi connectivity index (χ0n) is 14.3. The minimum absolute atomic E-state index is 0.0975. The van der Waals surface area contributed by atoms with E-state index in [4.69, 9.17) is 4.74 Å². The van der Waals surface area contributed by atoms with E-state index in [0.29, 0.717) is 13.0 Å². The smallest absolute Gasteiger partial charge is 0.240 e. The molecule has 2 aromatic rings. The Kier molecular flexibility index (Phi) is 6.51. The van der Waals surface area contributed by atoms with Crippen molar-refractivity contribution >= 4 is 17.5 Å². The third-order valence-corrected chi connectivity index (χ3v) is 3.72. The summed E-state index contributed by atoms with van der Waals surface area (Å²) in [6.07, 6.45) is 0.648. The number of carbonyl (C=O) groups excluding carboxylic acids is 2. The highest BCUT2D eigenvalue weighted by molar-refractivity contribution is 5.97. The number of benzene rings is 2. The third-order valence-electron chi connectivity index (χ3n) is 3.72. The van der Waals surface area contributed by atoms with Gasteiger partial charge in [-0.05, 0) is 36.2 Å². The molecule has 0 saturated heterocycles. The van der Waals surface area contributed by atoms with Crippen molar-refractivity contribution in [2.24, 2.45) is 0 Å². The van der Waals surface area contributed by atoms with Crippen molar-refractivity contribution in [3.8, 4) is 5.75 Å². The van der Waals surface area contributed by atoms with Crippen molar-refractivity contribution in [1.29, 1.82) is 0 Å². The number of methoxy groups -OCH3 is 1. The molecule has 5 nitrogen and oxygen atoms in total. The van der Waals surface area contributed by atoms with E-state index in [0.717, 1.165) is 16.2 Å². The first-order chi connectivity index (χ1) is 12.0. The molecule has 0 aliphatic carbocycles. The van der Waals surface area contributed by atoms with Gasteiger partial charge >= 0.3 is 0 Å². The number of nitrogens with one attached hydrogen (secondary N) is 1. The minimum Gasteiger partial charge on any atom is -0.497 e. The van der Waals surface area contributed by atoms with Gasteiger partial charge in [0.2, 0.25) is 11.8 Å². The summed E-state index contributed by atoms with van der Waals surface area (Å²) in [7, 11) is 1.60. The molecular weight excluding hydrogens is 323 g/mol. The van der Waals surface area contributed by atoms with Crippen LogP contribution in [0.15, 0.2) is 48.5 Å². The molecule has 0 fully saturated rings. The molecule has 132 valence electrons. The summed E-state index contributed by atoms with van der Waals surface area (Å²) >= 11 is 0. The molecule has 25 heavy (non-hydrogen) atoms. The fraction of sp³-hybridized carbons (Fsp3) is 0.263. The van der Waals surface area contributed by atoms with E-state index in [9.17, 15) is 14.0 Å². The van der Waals surface area contributed by atoms with Gasteiger partial charge in [-0.15, -0.1) is 0 Å². The van der Waals surface area contributed by atoms with Crippen LogP contribution >= 0.6 is 0 Å². The zero-order valence-corrected chi connectivity index (χ0v) is 14.3. The highest BCUT2D eigenvalue weighted by Gasteiger charge is 2.18. The number of anilines is 1. The van der Waals surface area contributed by atoms with Crippen molar-refractivity contribution in [2.75, 3.05) is 25.1 Å². The number of amides is 2. The molecule has 2 aromatic carbocycles. The lowest BCUT2D eigenvalue weighted by molar-refractivity contribution is -0.123. The standard InChI is InChI=1S/C19H21FN2O3/c1-14(23)22(18-6-4-3-5-17(18)20)13-19(24)21-12-11-15-7-9-16(25-2)10-8-15/h3-10H,11-13H2,1-2H3,(H,21,24). The zero-order chi connectivity index (χ0) is 18.2. The van der Waals surface area contributed by atoms with Gasteiger partial charge in [-0.2, -0.15) is 0 Å². The van der Waals surface area contributed by atoms with Crippen molar-refractivity contribution in [3.63, 3.8) is 0 Å². The lowest BCUT2D eigenvalue weighted by Gasteiger charge is -2.21. The van der Waals surface area contributed by atoms with Gasteiger partial charge in [0, 0.05) is 13.5 Å². The summed E-state index contributed by atoms with van der Waals surface area (Å²) in [5.41, 5.74) is 1.15. The van der Waals surface area contributed by atoms with Crippen LogP contribution in [-0.4, -0.2) is 32.0 Å². The van der Waals surface area contributed by atoms with E-state index < -0.39 is 11.7 Å². The Morgan fingerprint density at radius 1 is 1.12 bits per heavy atom. The van der Waals surface area contributed by atoms with Gasteiger partial charge in [0.15, 0.2) is 0 Å². The van der Waals surface area contributed by atoms with Crippen molar-refractivity contribution in [1.82, 2.24) is 5.32 Å². The molecule has 6 heteroatoms. The predicted molar refractivity (Wildman–Crippen MR) is 94.1 cm³/mol. The maximum absolute atomic E-state index is 13.8. The minimum atomic E-state index is -0.538. The second kappa shape index (κ2) is 8.82. The number of nitrogens with zero attached hydrogens (tertiary/aromatic N) is 1. The van der Waals surface area contributed by atoms with Crippen LogP contribution in [0.4, 0.5) is 10.1 Å². The summed E-state index contributed by atoms with van der Waals surface area (Å²) in [5.74, 6) is -0.499. The highest BCUT2D eigenvalue weighted by atomic mass is 19.1. The van der Waals surface area contributed by atoms with Crippen LogP contribution in [0.25, 0.3) is 0 Å². The molecule has 0 aromatic heterocycles. The topological polar surface area (TPSA) is 58.6 Å². The Hall–Kier alpha value is -2.89. The fourth-order valence-electron chi connectivity index (χ4n) is 2.37. The second-order valence-corrected chi connectivity index (χ2v) is 5.50. The number of para-hydroxylation sites is 1. The van der Waals surface area contributed by atoms with Gasteiger partial charge in [-0.1, -0.05) is 24.3 Å². The molecule has 0 aliphatic heterocycles. The molecule has 0 unspecified atom stereocenters. The molecule has 0 radical (unpaired) electrons. The van der Waals surface area contributed by atoms with Crippen LogP contribution in [0.3, 0.4) is 0 Å². The van der Waals surface area contributed by atoms with Crippen LogP contribution in [-0.2, 0) is 16.0 Å². The van der Waals surface area contributed by atoms with E-state index >= 15 is 0 Å². The second-order valence-electron chi connectivity index (χ2n) is 5.50. The van der Waals surface area contributed by atoms with E-state index in [1.165, 1.54) is 25.1 Å². The molecule has 1 N–H and O–H groups in total. The van der Waals surface area contributed by atoms with Crippen LogP contribution in [0, 0.1) is 5.82 Å². The van der Waals surface area contributed by atoms with E-state index in [1.807, 2.05) is 24.3 Å². The van der Waals surface area contributed by atoms with Crippen LogP contribution in [0.2, 0.25) is 0 Å². The average molecular weight is 344 g/mol. The Bertz CT molecular complexity index is 732. The first kappa shape index (κ1) is 18.4. The Morgan fingerprint density at radius 2 is 1.80 bits per heavy atom. The summed E-state index contributed by atoms with van der Waals surface area (Å²) in [5, 5.41) is 2.75. The molecule has 2 amide bonds. The van der Waals surface area contributed by atoms with Crippen LogP contribution in [0.5, 0.6) is 5.75 Å². The SMILES string of the molecule is COc1ccc(CCNC(=O)CN(C(C)=O)c2ccccc2F)cc1. The number of ether oxygens (including phenoxy) is 1. The van der Waals surface area contributed by atoms with Gasteiger partial charge < -0.3 is 15.0 Å². The number of hydrogen-bond acceptors (Lipinski definition) is 3. The first-order valence-corrected chi connectivity index (χ1v) is 7.93. The summed E-state index contributed by atoms with van der Waals surface area (Å²) in [6, 6.07) is 13.4. The fourth-order valence-corrected chi connectivity index (χ4v) is 2.37. The first-order valence-electron chi connectivity index (χ1n) is 7.93. The van der Waals surface area contributed by atoms with E-state index in [2.05, 4.69) is 5.32 Å². The number of rotatable bonds is 7. The highest BCUT2D eigenvalue weighted by Crippen LogP contribution is 2.18. The van der Waals surface area contributed by atoms with E-state index in [-0.39, 0.29) is 18.1 Å². The summed E-state index contributed by atoms with van der Waals surface area (Å²) in [6.45, 7) is 1.50. The molecule has 0 heterocycles. The number of halogens is 1. The number of hydrogen-bond donors (Lipinski definition) is 1. The third kappa shape index (κ3) is 5.31. The largest absolute Gasteiger partial charge is 0.497 e. The van der Waals surface area contributed by atoms with Crippen LogP contribution < -0.4 is 15.0 Å². The Morgan fingerprint density at radius 3 is 2.40 bits per heavy atom. The number of carbonyl (C=O) groups is 2. The monoisotopic (exact) mass is 344 g/mol. The van der Waals surface area contributed by atoms with Gasteiger partial charge in [0.1, 0.15) is 18.1 Å². The maximum atomic E-state index is 13.8. The normalized spacial score (nSPS) is 10.2. The molecule has 0 aliphatic rings. The summed E-state index contributed by atoms with van der Waals surface area (Å²) < 4.78 is 18.9. The molecule has 0 saturated carbocycles. The van der Waals surface area contributed by atoms with Gasteiger partial charge in [-0.25, -0.2) is 4.39 Å².